The summed E-state index contributed by atoms with van der Waals surface area (Å²) in [7, 11) is 0. The Morgan fingerprint density at radius 1 is 1.35 bits per heavy atom. The zero-order valence-corrected chi connectivity index (χ0v) is 11.5. The van der Waals surface area contributed by atoms with Gasteiger partial charge >= 0.3 is 0 Å². The summed E-state index contributed by atoms with van der Waals surface area (Å²) in [6.07, 6.45) is 1.64. The van der Waals surface area contributed by atoms with Crippen LogP contribution in [-0.2, 0) is 9.59 Å². The van der Waals surface area contributed by atoms with Gasteiger partial charge in [0, 0.05) is 11.6 Å². The van der Waals surface area contributed by atoms with Gasteiger partial charge in [0.2, 0.25) is 11.8 Å². The van der Waals surface area contributed by atoms with Crippen LogP contribution in [0, 0.1) is 0 Å². The van der Waals surface area contributed by atoms with E-state index in [1.165, 1.54) is 4.90 Å². The van der Waals surface area contributed by atoms with E-state index in [0.29, 0.717) is 16.2 Å². The third-order valence-corrected chi connectivity index (χ3v) is 3.73. The summed E-state index contributed by atoms with van der Waals surface area (Å²) >= 11 is 6.15. The first-order chi connectivity index (χ1) is 9.59. The summed E-state index contributed by atoms with van der Waals surface area (Å²) in [5.41, 5.74) is 1.23. The standard InChI is InChI=1S/C14H12ClN3O2/c1-8-14(20)17-7-12(19)18(8)11-5-4-10(15)9-3-2-6-16-13(9)11/h2-6,8H,7H2,1H3,(H,17,20). The van der Waals surface area contributed by atoms with Crippen molar-refractivity contribution in [3.63, 3.8) is 0 Å². The predicted molar refractivity (Wildman–Crippen MR) is 76.7 cm³/mol. The summed E-state index contributed by atoms with van der Waals surface area (Å²) in [5.74, 6) is -0.338. The van der Waals surface area contributed by atoms with Crippen LogP contribution in [0.1, 0.15) is 6.92 Å². The molecule has 2 amide bonds. The lowest BCUT2D eigenvalue weighted by molar-refractivity contribution is -0.130. The second-order valence-electron chi connectivity index (χ2n) is 4.62. The van der Waals surface area contributed by atoms with Crippen molar-refractivity contribution < 1.29 is 9.59 Å². The molecule has 0 radical (unpaired) electrons. The van der Waals surface area contributed by atoms with Gasteiger partial charge in [0.1, 0.15) is 6.04 Å². The van der Waals surface area contributed by atoms with Crippen LogP contribution in [-0.4, -0.2) is 29.4 Å². The number of hydrogen-bond acceptors (Lipinski definition) is 3. The van der Waals surface area contributed by atoms with Gasteiger partial charge in [-0.1, -0.05) is 11.6 Å². The lowest BCUT2D eigenvalue weighted by atomic mass is 10.1. The van der Waals surface area contributed by atoms with Gasteiger partial charge in [0.15, 0.2) is 0 Å². The van der Waals surface area contributed by atoms with Crippen molar-refractivity contribution in [2.45, 2.75) is 13.0 Å². The Hall–Kier alpha value is -2.14. The molecular weight excluding hydrogens is 278 g/mol. The first-order valence-corrected chi connectivity index (χ1v) is 6.60. The van der Waals surface area contributed by atoms with E-state index < -0.39 is 6.04 Å². The Labute approximate surface area is 120 Å². The van der Waals surface area contributed by atoms with E-state index >= 15 is 0 Å². The molecule has 1 N–H and O–H groups in total. The Morgan fingerprint density at radius 2 is 2.15 bits per heavy atom. The third kappa shape index (κ3) is 1.91. The van der Waals surface area contributed by atoms with Crippen LogP contribution in [0.15, 0.2) is 30.5 Å². The van der Waals surface area contributed by atoms with Crippen molar-refractivity contribution >= 4 is 40.0 Å². The van der Waals surface area contributed by atoms with Crippen molar-refractivity contribution in [1.82, 2.24) is 10.3 Å². The van der Waals surface area contributed by atoms with E-state index in [1.54, 1.807) is 31.3 Å². The second-order valence-corrected chi connectivity index (χ2v) is 5.03. The number of amides is 2. The van der Waals surface area contributed by atoms with Gasteiger partial charge in [0.25, 0.3) is 0 Å². The number of carbonyl (C=O) groups excluding carboxylic acids is 2. The van der Waals surface area contributed by atoms with Crippen molar-refractivity contribution in [2.75, 3.05) is 11.4 Å². The maximum absolute atomic E-state index is 12.1. The van der Waals surface area contributed by atoms with Crippen LogP contribution in [0.2, 0.25) is 5.02 Å². The van der Waals surface area contributed by atoms with Crippen molar-refractivity contribution in [2.24, 2.45) is 0 Å². The number of anilines is 1. The summed E-state index contributed by atoms with van der Waals surface area (Å²) in [4.78, 5) is 29.7. The monoisotopic (exact) mass is 289 g/mol. The molecule has 1 aromatic carbocycles. The van der Waals surface area contributed by atoms with Gasteiger partial charge in [-0.3, -0.25) is 19.5 Å². The van der Waals surface area contributed by atoms with Crippen molar-refractivity contribution in [3.05, 3.63) is 35.5 Å². The van der Waals surface area contributed by atoms with E-state index in [9.17, 15) is 9.59 Å². The molecule has 2 heterocycles. The van der Waals surface area contributed by atoms with E-state index in [2.05, 4.69) is 10.3 Å². The minimum Gasteiger partial charge on any atom is -0.345 e. The molecule has 1 saturated heterocycles. The van der Waals surface area contributed by atoms with Crippen LogP contribution >= 0.6 is 11.6 Å². The maximum atomic E-state index is 12.1. The minimum absolute atomic E-state index is 0.000126. The molecule has 1 atom stereocenters. The number of hydrogen-bond donors (Lipinski definition) is 1. The number of carbonyl (C=O) groups is 2. The predicted octanol–water partition coefficient (Wildman–Crippen LogP) is 1.74. The first kappa shape index (κ1) is 12.9. The lowest BCUT2D eigenvalue weighted by Crippen LogP contribution is -2.57. The quantitative estimate of drug-likeness (QED) is 0.870. The molecule has 1 aliphatic heterocycles. The fourth-order valence-corrected chi connectivity index (χ4v) is 2.60. The molecular formula is C14H12ClN3O2. The lowest BCUT2D eigenvalue weighted by Gasteiger charge is -2.33. The highest BCUT2D eigenvalue weighted by Crippen LogP contribution is 2.32. The molecule has 3 rings (SSSR count). The summed E-state index contributed by atoms with van der Waals surface area (Å²) in [6, 6.07) is 6.50. The second kappa shape index (κ2) is 4.76. The topological polar surface area (TPSA) is 62.3 Å². The molecule has 0 saturated carbocycles. The number of benzene rings is 1. The fourth-order valence-electron chi connectivity index (χ4n) is 2.39. The van der Waals surface area contributed by atoms with Crippen LogP contribution in [0.25, 0.3) is 10.9 Å². The molecule has 102 valence electrons. The molecule has 6 heteroatoms. The molecule has 5 nitrogen and oxygen atoms in total. The maximum Gasteiger partial charge on any atom is 0.247 e. The van der Waals surface area contributed by atoms with Gasteiger partial charge in [-0.15, -0.1) is 0 Å². The number of nitrogens with one attached hydrogen (secondary N) is 1. The minimum atomic E-state index is -0.567. The van der Waals surface area contributed by atoms with Gasteiger partial charge in [-0.2, -0.15) is 0 Å². The molecule has 1 aromatic heterocycles. The number of piperazine rings is 1. The average molecular weight is 290 g/mol. The van der Waals surface area contributed by atoms with Crippen molar-refractivity contribution in [1.29, 1.82) is 0 Å². The molecule has 1 aliphatic rings. The molecule has 0 aliphatic carbocycles. The summed E-state index contributed by atoms with van der Waals surface area (Å²) in [5, 5.41) is 3.89. The molecule has 0 spiro atoms. The van der Waals surface area contributed by atoms with Crippen LogP contribution in [0.3, 0.4) is 0 Å². The van der Waals surface area contributed by atoms with Crippen LogP contribution in [0.4, 0.5) is 5.69 Å². The number of nitrogens with zero attached hydrogens (tertiary/aromatic N) is 2. The molecule has 0 bridgehead atoms. The highest BCUT2D eigenvalue weighted by atomic mass is 35.5. The number of rotatable bonds is 1. The first-order valence-electron chi connectivity index (χ1n) is 6.22. The van der Waals surface area contributed by atoms with Gasteiger partial charge in [0.05, 0.1) is 22.8 Å². The zero-order valence-electron chi connectivity index (χ0n) is 10.8. The SMILES string of the molecule is CC1C(=O)NCC(=O)N1c1ccc(Cl)c2cccnc12. The number of fused-ring (bicyclic) bond motifs is 1. The van der Waals surface area contributed by atoms with Crippen molar-refractivity contribution in [3.8, 4) is 0 Å². The smallest absolute Gasteiger partial charge is 0.247 e. The van der Waals surface area contributed by atoms with Gasteiger partial charge < -0.3 is 5.32 Å². The third-order valence-electron chi connectivity index (χ3n) is 3.40. The molecule has 20 heavy (non-hydrogen) atoms. The highest BCUT2D eigenvalue weighted by Gasteiger charge is 2.33. The number of halogens is 1. The Bertz CT molecular complexity index is 717. The fraction of sp³-hybridized carbons (Fsp3) is 0.214. The van der Waals surface area contributed by atoms with E-state index in [1.807, 2.05) is 6.07 Å². The average Bonchev–Trinajstić information content (AvgIpc) is 2.46. The van der Waals surface area contributed by atoms with Gasteiger partial charge in [-0.05, 0) is 31.2 Å². The Morgan fingerprint density at radius 3 is 2.95 bits per heavy atom. The Kier molecular flexibility index (Phi) is 3.06. The zero-order chi connectivity index (χ0) is 14.3. The summed E-state index contributed by atoms with van der Waals surface area (Å²) in [6.45, 7) is 1.69. The normalized spacial score (nSPS) is 19.3. The van der Waals surface area contributed by atoms with Crippen LogP contribution < -0.4 is 10.2 Å². The van der Waals surface area contributed by atoms with E-state index in [-0.39, 0.29) is 18.4 Å². The van der Waals surface area contributed by atoms with Crippen LogP contribution in [0.5, 0.6) is 0 Å². The largest absolute Gasteiger partial charge is 0.345 e. The molecule has 1 unspecified atom stereocenters. The Balaban J connectivity index is 2.21. The number of aromatic nitrogens is 1. The summed E-state index contributed by atoms with van der Waals surface area (Å²) < 4.78 is 0. The number of pyridine rings is 1. The highest BCUT2D eigenvalue weighted by molar-refractivity contribution is 6.36. The molecule has 2 aromatic rings. The van der Waals surface area contributed by atoms with E-state index in [4.69, 9.17) is 11.6 Å². The van der Waals surface area contributed by atoms with Gasteiger partial charge in [-0.25, -0.2) is 0 Å². The van der Waals surface area contributed by atoms with E-state index in [0.717, 1.165) is 5.39 Å². The molecule has 1 fully saturated rings.